The average Bonchev–Trinajstić information content (AvgIpc) is 2.52. The summed E-state index contributed by atoms with van der Waals surface area (Å²) in [6, 6.07) is 3.16. The highest BCUT2D eigenvalue weighted by atomic mass is 79.9. The van der Waals surface area contributed by atoms with Gasteiger partial charge in [0, 0.05) is 7.05 Å². The molecule has 4 nitrogen and oxygen atoms in total. The maximum Gasteiger partial charge on any atom is 0.252 e. The number of likely N-dealkylation sites (N-methyl/N-ethyl adjacent to an activating group) is 1. The summed E-state index contributed by atoms with van der Waals surface area (Å²) in [4.78, 5) is 10.2. The first-order chi connectivity index (χ1) is 6.48. The highest BCUT2D eigenvalue weighted by Crippen LogP contribution is 2.27. The summed E-state index contributed by atoms with van der Waals surface area (Å²) in [5.74, 6) is 0. The summed E-state index contributed by atoms with van der Waals surface area (Å²) in [7, 11) is -2.12. The third-order valence-corrected chi connectivity index (χ3v) is 5.46. The maximum absolute atomic E-state index is 11.7. The van der Waals surface area contributed by atoms with Crippen LogP contribution in [0.2, 0.25) is 0 Å². The van der Waals surface area contributed by atoms with Gasteiger partial charge in [0.1, 0.15) is 10.5 Å². The van der Waals surface area contributed by atoms with E-state index in [9.17, 15) is 13.2 Å². The summed E-state index contributed by atoms with van der Waals surface area (Å²) in [6.07, 6.45) is 0.556. The molecule has 0 N–H and O–H groups in total. The molecular formula is C7H8BrNO3S2. The molecule has 1 aromatic rings. The number of hydrogen-bond donors (Lipinski definition) is 0. The van der Waals surface area contributed by atoms with Crippen molar-refractivity contribution in [1.29, 1.82) is 0 Å². The molecule has 0 aliphatic carbocycles. The molecule has 7 heteroatoms. The van der Waals surface area contributed by atoms with Gasteiger partial charge in [0.2, 0.25) is 0 Å². The number of thiophene rings is 1. The molecule has 1 rings (SSSR count). The zero-order valence-electron chi connectivity index (χ0n) is 7.31. The van der Waals surface area contributed by atoms with E-state index in [0.29, 0.717) is 6.29 Å². The lowest BCUT2D eigenvalue weighted by Gasteiger charge is -2.11. The van der Waals surface area contributed by atoms with Gasteiger partial charge in [-0.25, -0.2) is 8.42 Å². The van der Waals surface area contributed by atoms with Crippen LogP contribution in [0.25, 0.3) is 0 Å². The van der Waals surface area contributed by atoms with Crippen molar-refractivity contribution in [2.45, 2.75) is 4.21 Å². The van der Waals surface area contributed by atoms with Crippen LogP contribution in [0.5, 0.6) is 0 Å². The van der Waals surface area contributed by atoms with Crippen LogP contribution in [0.4, 0.5) is 0 Å². The van der Waals surface area contributed by atoms with Crippen LogP contribution in [0.1, 0.15) is 0 Å². The lowest BCUT2D eigenvalue weighted by molar-refractivity contribution is -0.107. The Morgan fingerprint density at radius 2 is 2.21 bits per heavy atom. The maximum atomic E-state index is 11.7. The largest absolute Gasteiger partial charge is 0.302 e. The summed E-state index contributed by atoms with van der Waals surface area (Å²) < 4.78 is 25.4. The number of halogens is 1. The van der Waals surface area contributed by atoms with Crippen molar-refractivity contribution in [2.75, 3.05) is 13.6 Å². The van der Waals surface area contributed by atoms with Crippen molar-refractivity contribution in [3.8, 4) is 0 Å². The first-order valence-electron chi connectivity index (χ1n) is 3.64. The van der Waals surface area contributed by atoms with E-state index in [-0.39, 0.29) is 10.8 Å². The van der Waals surface area contributed by atoms with Gasteiger partial charge >= 0.3 is 0 Å². The number of nitrogens with zero attached hydrogens (tertiary/aromatic N) is 1. The highest BCUT2D eigenvalue weighted by Gasteiger charge is 2.21. The van der Waals surface area contributed by atoms with E-state index < -0.39 is 10.0 Å². The molecule has 0 bridgehead atoms. The first kappa shape index (κ1) is 11.8. The lowest BCUT2D eigenvalue weighted by atomic mass is 10.7. The fourth-order valence-electron chi connectivity index (χ4n) is 0.793. The van der Waals surface area contributed by atoms with Crippen LogP contribution in [-0.2, 0) is 14.8 Å². The van der Waals surface area contributed by atoms with E-state index in [2.05, 4.69) is 15.9 Å². The molecule has 0 aromatic carbocycles. The Hall–Kier alpha value is -0.240. The van der Waals surface area contributed by atoms with E-state index in [1.165, 1.54) is 13.1 Å². The smallest absolute Gasteiger partial charge is 0.252 e. The van der Waals surface area contributed by atoms with Crippen molar-refractivity contribution in [1.82, 2.24) is 4.31 Å². The molecule has 0 aliphatic rings. The number of aldehydes is 1. The monoisotopic (exact) mass is 297 g/mol. The molecule has 0 saturated carbocycles. The minimum atomic E-state index is -3.49. The molecule has 78 valence electrons. The van der Waals surface area contributed by atoms with Crippen molar-refractivity contribution in [3.05, 3.63) is 15.9 Å². The minimum absolute atomic E-state index is 0.127. The van der Waals surface area contributed by atoms with Gasteiger partial charge in [-0.05, 0) is 28.1 Å². The standard InChI is InChI=1S/C7H8BrNO3S2/c1-9(4-5-10)14(11,12)7-3-2-6(8)13-7/h2-3,5H,4H2,1H3. The SMILES string of the molecule is CN(CC=O)S(=O)(=O)c1ccc(Br)s1. The van der Waals surface area contributed by atoms with Crippen molar-refractivity contribution in [2.24, 2.45) is 0 Å². The molecule has 0 spiro atoms. The summed E-state index contributed by atoms with van der Waals surface area (Å²) >= 11 is 4.30. The quantitative estimate of drug-likeness (QED) is 0.788. The third kappa shape index (κ3) is 2.41. The van der Waals surface area contributed by atoms with Gasteiger partial charge in [0.25, 0.3) is 10.0 Å². The Bertz CT molecular complexity index is 426. The molecule has 0 radical (unpaired) electrons. The van der Waals surface area contributed by atoms with Crippen LogP contribution in [0.15, 0.2) is 20.1 Å². The van der Waals surface area contributed by atoms with Crippen LogP contribution in [0, 0.1) is 0 Å². The van der Waals surface area contributed by atoms with Crippen molar-refractivity contribution >= 4 is 43.6 Å². The van der Waals surface area contributed by atoms with Crippen LogP contribution >= 0.6 is 27.3 Å². The molecule has 0 amide bonds. The van der Waals surface area contributed by atoms with Gasteiger partial charge in [-0.1, -0.05) is 0 Å². The second-order valence-corrected chi connectivity index (χ2v) is 7.25. The zero-order chi connectivity index (χ0) is 10.8. The number of carbonyl (C=O) groups excluding carboxylic acids is 1. The Labute approximate surface area is 94.7 Å². The second kappa shape index (κ2) is 4.52. The number of sulfonamides is 1. The van der Waals surface area contributed by atoms with E-state index in [1.54, 1.807) is 6.07 Å². The van der Waals surface area contributed by atoms with Crippen LogP contribution in [-0.4, -0.2) is 32.6 Å². The van der Waals surface area contributed by atoms with Gasteiger partial charge in [-0.15, -0.1) is 11.3 Å². The highest BCUT2D eigenvalue weighted by molar-refractivity contribution is 9.11. The van der Waals surface area contributed by atoms with E-state index in [1.807, 2.05) is 0 Å². The Morgan fingerprint density at radius 3 is 2.64 bits per heavy atom. The van der Waals surface area contributed by atoms with Gasteiger partial charge in [-0.2, -0.15) is 4.31 Å². The van der Waals surface area contributed by atoms with E-state index >= 15 is 0 Å². The Morgan fingerprint density at radius 1 is 1.57 bits per heavy atom. The third-order valence-electron chi connectivity index (χ3n) is 1.54. The Kier molecular flexibility index (Phi) is 3.82. The molecule has 14 heavy (non-hydrogen) atoms. The lowest BCUT2D eigenvalue weighted by Crippen LogP contribution is -2.27. The number of carbonyl (C=O) groups is 1. The summed E-state index contributed by atoms with van der Waals surface area (Å²) in [5, 5.41) is 0. The fourth-order valence-corrected chi connectivity index (χ4v) is 4.11. The predicted molar refractivity (Wildman–Crippen MR) is 57.9 cm³/mol. The molecule has 0 fully saturated rings. The molecule has 1 aromatic heterocycles. The summed E-state index contributed by atoms with van der Waals surface area (Å²) in [5.41, 5.74) is 0. The molecular weight excluding hydrogens is 290 g/mol. The molecule has 0 aliphatic heterocycles. The van der Waals surface area contributed by atoms with E-state index in [4.69, 9.17) is 0 Å². The van der Waals surface area contributed by atoms with Crippen LogP contribution < -0.4 is 0 Å². The number of hydrogen-bond acceptors (Lipinski definition) is 4. The van der Waals surface area contributed by atoms with Crippen LogP contribution in [0.3, 0.4) is 0 Å². The average molecular weight is 298 g/mol. The van der Waals surface area contributed by atoms with Gasteiger partial charge in [0.15, 0.2) is 0 Å². The zero-order valence-corrected chi connectivity index (χ0v) is 10.5. The van der Waals surface area contributed by atoms with Gasteiger partial charge in [0.05, 0.1) is 10.3 Å². The fraction of sp³-hybridized carbons (Fsp3) is 0.286. The Balaban J connectivity index is 3.02. The second-order valence-electron chi connectivity index (χ2n) is 2.51. The van der Waals surface area contributed by atoms with E-state index in [0.717, 1.165) is 19.4 Å². The van der Waals surface area contributed by atoms with Gasteiger partial charge in [-0.3, -0.25) is 0 Å². The summed E-state index contributed by atoms with van der Waals surface area (Å²) in [6.45, 7) is -0.127. The topological polar surface area (TPSA) is 54.5 Å². The molecule has 0 saturated heterocycles. The van der Waals surface area contributed by atoms with Crippen molar-refractivity contribution in [3.63, 3.8) is 0 Å². The molecule has 0 unspecified atom stereocenters. The normalized spacial score (nSPS) is 11.9. The minimum Gasteiger partial charge on any atom is -0.302 e. The van der Waals surface area contributed by atoms with Crippen molar-refractivity contribution < 1.29 is 13.2 Å². The molecule has 1 heterocycles. The number of rotatable bonds is 4. The predicted octanol–water partition coefficient (Wildman–Crippen LogP) is 1.33. The van der Waals surface area contributed by atoms with Gasteiger partial charge < -0.3 is 4.79 Å². The first-order valence-corrected chi connectivity index (χ1v) is 6.68. The molecule has 0 atom stereocenters.